The molecular weight excluding hydrogens is 390 g/mol. The number of carbonyl (C=O) groups is 2. The number of rotatable bonds is 7. The summed E-state index contributed by atoms with van der Waals surface area (Å²) >= 11 is 6.06. The van der Waals surface area contributed by atoms with Crippen molar-refractivity contribution in [3.05, 3.63) is 70.3 Å². The highest BCUT2D eigenvalue weighted by molar-refractivity contribution is 6.33. The number of nitrogens with one attached hydrogen (secondary N) is 3. The number of hydrazine groups is 1. The molecule has 29 heavy (non-hydrogen) atoms. The third kappa shape index (κ3) is 7.02. The fourth-order valence-electron chi connectivity index (χ4n) is 2.16. The highest BCUT2D eigenvalue weighted by atomic mass is 35.5. The molecule has 0 spiro atoms. The van der Waals surface area contributed by atoms with Gasteiger partial charge in [-0.15, -0.1) is 0 Å². The van der Waals surface area contributed by atoms with Gasteiger partial charge in [-0.1, -0.05) is 31.2 Å². The minimum Gasteiger partial charge on any atom is -0.385 e. The number of carbonyl (C=O) groups excluding carboxylic acids is 2. The molecule has 0 fully saturated rings. The second-order valence-electron chi connectivity index (χ2n) is 5.54. The third-order valence-electron chi connectivity index (χ3n) is 3.59. The molecule has 0 saturated carbocycles. The average molecular weight is 410 g/mol. The fourth-order valence-corrected chi connectivity index (χ4v) is 2.44. The topological polar surface area (TPSA) is 118 Å². The van der Waals surface area contributed by atoms with E-state index < -0.39 is 5.91 Å². The Hall–Kier alpha value is -3.81. The van der Waals surface area contributed by atoms with Gasteiger partial charge < -0.3 is 5.32 Å². The van der Waals surface area contributed by atoms with E-state index in [1.54, 1.807) is 12.1 Å². The Labute approximate surface area is 174 Å². The zero-order chi connectivity index (χ0) is 21.6. The Bertz CT molecular complexity index is 943. The van der Waals surface area contributed by atoms with E-state index in [1.165, 1.54) is 24.3 Å². The molecule has 0 bridgehead atoms. The van der Waals surface area contributed by atoms with E-state index in [-0.39, 0.29) is 0 Å². The van der Waals surface area contributed by atoms with Crippen LogP contribution in [0.2, 0.25) is 5.02 Å². The maximum absolute atomic E-state index is 11.2. The number of halogens is 1. The zero-order valence-corrected chi connectivity index (χ0v) is 16.6. The monoisotopic (exact) mass is 409 g/mol. The van der Waals surface area contributed by atoms with E-state index in [1.807, 2.05) is 23.6 Å². The van der Waals surface area contributed by atoms with Crippen LogP contribution >= 0.6 is 11.6 Å². The van der Waals surface area contributed by atoms with E-state index in [0.29, 0.717) is 28.1 Å². The Morgan fingerprint density at radius 1 is 1.17 bits per heavy atom. The molecule has 0 aliphatic carbocycles. The third-order valence-corrected chi connectivity index (χ3v) is 4.00. The van der Waals surface area contributed by atoms with Crippen molar-refractivity contribution in [1.29, 1.82) is 10.5 Å². The molecule has 2 rings (SSSR count). The van der Waals surface area contributed by atoms with Gasteiger partial charge in [0.25, 0.3) is 5.91 Å². The normalized spacial score (nSPS) is 8.97. The van der Waals surface area contributed by atoms with Crippen LogP contribution in [0.4, 0.5) is 5.69 Å². The van der Waals surface area contributed by atoms with Gasteiger partial charge in [-0.3, -0.25) is 20.4 Å². The highest BCUT2D eigenvalue weighted by Crippen LogP contribution is 2.28. The molecule has 2 aromatic carbocycles. The quantitative estimate of drug-likeness (QED) is 0.476. The van der Waals surface area contributed by atoms with Crippen LogP contribution in [-0.2, 0) is 4.79 Å². The van der Waals surface area contributed by atoms with Crippen LogP contribution < -0.4 is 16.2 Å². The van der Waals surface area contributed by atoms with Gasteiger partial charge in [0.2, 0.25) is 6.41 Å². The molecule has 0 aliphatic heterocycles. The number of anilines is 1. The van der Waals surface area contributed by atoms with Crippen LogP contribution in [0.15, 0.2) is 43.0 Å². The first kappa shape index (κ1) is 23.2. The Balaban J connectivity index is 0.000000291. The van der Waals surface area contributed by atoms with Gasteiger partial charge in [0.05, 0.1) is 22.2 Å². The molecule has 2 aromatic rings. The van der Waals surface area contributed by atoms with Crippen LogP contribution in [0.5, 0.6) is 0 Å². The molecule has 0 aliphatic rings. The number of amides is 2. The van der Waals surface area contributed by atoms with Gasteiger partial charge >= 0.3 is 0 Å². The highest BCUT2D eigenvalue weighted by Gasteiger charge is 2.08. The van der Waals surface area contributed by atoms with Crippen molar-refractivity contribution < 1.29 is 9.59 Å². The summed E-state index contributed by atoms with van der Waals surface area (Å²) in [6.07, 6.45) is 3.07. The van der Waals surface area contributed by atoms with Gasteiger partial charge in [-0.2, -0.15) is 10.5 Å². The minimum absolute atomic E-state index is 0.363. The molecule has 0 aromatic heterocycles. The number of hydrogen-bond donors (Lipinski definition) is 3. The number of hydrogen-bond acceptors (Lipinski definition) is 5. The van der Waals surface area contributed by atoms with Gasteiger partial charge in [-0.05, 0) is 42.8 Å². The first-order chi connectivity index (χ1) is 14.0. The molecule has 0 saturated heterocycles. The second-order valence-corrected chi connectivity index (χ2v) is 5.91. The van der Waals surface area contributed by atoms with Crippen molar-refractivity contribution in [2.24, 2.45) is 0 Å². The Morgan fingerprint density at radius 2 is 1.86 bits per heavy atom. The summed E-state index contributed by atoms with van der Waals surface area (Å²) in [4.78, 5) is 21.1. The van der Waals surface area contributed by atoms with Crippen LogP contribution in [-0.4, -0.2) is 18.9 Å². The van der Waals surface area contributed by atoms with Crippen LogP contribution in [0.1, 0.15) is 40.4 Å². The SMILES string of the molecule is C=Cc1c(NCCC)ccc(C#N)c1Cl.N#Cc1ccc(C(=O)NNC=O)cc1. The van der Waals surface area contributed by atoms with Crippen molar-refractivity contribution in [3.8, 4) is 12.1 Å². The summed E-state index contributed by atoms with van der Waals surface area (Å²) < 4.78 is 0. The van der Waals surface area contributed by atoms with Gasteiger partial charge in [0.1, 0.15) is 6.07 Å². The molecule has 3 N–H and O–H groups in total. The van der Waals surface area contributed by atoms with E-state index in [2.05, 4.69) is 24.2 Å². The first-order valence-corrected chi connectivity index (χ1v) is 8.98. The number of nitriles is 2. The Morgan fingerprint density at radius 3 is 2.38 bits per heavy atom. The summed E-state index contributed by atoms with van der Waals surface area (Å²) in [5, 5.41) is 21.0. The van der Waals surface area contributed by atoms with Gasteiger partial charge in [0, 0.05) is 23.4 Å². The predicted molar refractivity (Wildman–Crippen MR) is 113 cm³/mol. The zero-order valence-electron chi connectivity index (χ0n) is 15.8. The van der Waals surface area contributed by atoms with Crippen molar-refractivity contribution in [2.75, 3.05) is 11.9 Å². The molecule has 0 radical (unpaired) electrons. The van der Waals surface area contributed by atoms with Gasteiger partial charge in [0.15, 0.2) is 0 Å². The molecule has 7 nitrogen and oxygen atoms in total. The average Bonchev–Trinajstić information content (AvgIpc) is 2.76. The molecule has 0 atom stereocenters. The summed E-state index contributed by atoms with van der Waals surface area (Å²) in [6, 6.07) is 13.6. The lowest BCUT2D eigenvalue weighted by Crippen LogP contribution is -2.36. The summed E-state index contributed by atoms with van der Waals surface area (Å²) in [7, 11) is 0. The number of benzene rings is 2. The first-order valence-electron chi connectivity index (χ1n) is 8.60. The van der Waals surface area contributed by atoms with E-state index in [0.717, 1.165) is 24.2 Å². The van der Waals surface area contributed by atoms with Crippen molar-refractivity contribution >= 4 is 35.7 Å². The van der Waals surface area contributed by atoms with E-state index >= 15 is 0 Å². The van der Waals surface area contributed by atoms with Crippen molar-refractivity contribution in [2.45, 2.75) is 13.3 Å². The maximum atomic E-state index is 11.2. The maximum Gasteiger partial charge on any atom is 0.269 e. The van der Waals surface area contributed by atoms with E-state index in [4.69, 9.17) is 22.1 Å². The van der Waals surface area contributed by atoms with Crippen molar-refractivity contribution in [3.63, 3.8) is 0 Å². The van der Waals surface area contributed by atoms with Crippen LogP contribution in [0.3, 0.4) is 0 Å². The van der Waals surface area contributed by atoms with Crippen LogP contribution in [0.25, 0.3) is 6.08 Å². The smallest absolute Gasteiger partial charge is 0.269 e. The number of nitrogens with zero attached hydrogens (tertiary/aromatic N) is 2. The summed E-state index contributed by atoms with van der Waals surface area (Å²) in [5.74, 6) is -0.429. The Kier molecular flexibility index (Phi) is 10.1. The van der Waals surface area contributed by atoms with E-state index in [9.17, 15) is 9.59 Å². The molecule has 8 heteroatoms. The molecule has 2 amide bonds. The molecular formula is C21H20ClN5O2. The largest absolute Gasteiger partial charge is 0.385 e. The lowest BCUT2D eigenvalue weighted by molar-refractivity contribution is -0.110. The predicted octanol–water partition coefficient (Wildman–Crippen LogP) is 3.63. The molecule has 0 heterocycles. The van der Waals surface area contributed by atoms with Crippen LogP contribution in [0, 0.1) is 22.7 Å². The summed E-state index contributed by atoms with van der Waals surface area (Å²) in [5.41, 5.74) is 7.23. The molecule has 0 unspecified atom stereocenters. The lowest BCUT2D eigenvalue weighted by atomic mass is 10.1. The van der Waals surface area contributed by atoms with Crippen molar-refractivity contribution in [1.82, 2.24) is 10.9 Å². The lowest BCUT2D eigenvalue weighted by Gasteiger charge is -2.10. The summed E-state index contributed by atoms with van der Waals surface area (Å²) in [6.45, 7) is 6.67. The minimum atomic E-state index is -0.429. The van der Waals surface area contributed by atoms with Gasteiger partial charge in [-0.25, -0.2) is 0 Å². The fraction of sp³-hybridized carbons (Fsp3) is 0.143. The molecule has 148 valence electrons. The standard InChI is InChI=1S/C12H13ClN2.C9H7N3O2/c1-3-7-15-11-6-5-9(8-14)12(13)10(11)4-2;10-5-7-1-3-8(4-2-7)9(14)12-11-6-13/h4-6,15H,2-3,7H2,1H3;1-4,6H,(H,11,13)(H,12,14). The second kappa shape index (κ2) is 12.6.